The lowest BCUT2D eigenvalue weighted by Crippen LogP contribution is -2.27. The number of esters is 1. The van der Waals surface area contributed by atoms with Gasteiger partial charge in [-0.25, -0.2) is 4.79 Å². The molecule has 4 N–H and O–H groups in total. The highest BCUT2D eigenvalue weighted by Crippen LogP contribution is 2.15. The summed E-state index contributed by atoms with van der Waals surface area (Å²) in [5.74, 6) is -2.82. The molecule has 0 aromatic heterocycles. The highest BCUT2D eigenvalue weighted by Gasteiger charge is 2.22. The lowest BCUT2D eigenvalue weighted by atomic mass is 10.2. The van der Waals surface area contributed by atoms with Gasteiger partial charge >= 0.3 is 5.97 Å². The Kier molecular flexibility index (Phi) is 9.49. The standard InChI is InChI=1S/C23H25N3O5S/c1-3-31-23(30)20(21(24)26-22(29)16-7-5-4-6-8-16)18(27)13-32-14-19(28)25-17-11-9-15(2)10-12-17/h4-12,27H,3,13-14H2,1-2H3,(H,25,28)(H2,24,26,29). The summed E-state index contributed by atoms with van der Waals surface area (Å²) >= 11 is 1.07. The first kappa shape index (κ1) is 24.7. The van der Waals surface area contributed by atoms with E-state index >= 15 is 0 Å². The predicted molar refractivity (Wildman–Crippen MR) is 126 cm³/mol. The molecule has 168 valence electrons. The van der Waals surface area contributed by atoms with Crippen LogP contribution in [-0.4, -0.2) is 46.8 Å². The monoisotopic (exact) mass is 455 g/mol. The van der Waals surface area contributed by atoms with Crippen molar-refractivity contribution in [1.29, 1.82) is 0 Å². The molecule has 0 unspecified atom stereocenters. The van der Waals surface area contributed by atoms with Gasteiger partial charge in [-0.2, -0.15) is 4.99 Å². The molecule has 0 aliphatic carbocycles. The molecule has 0 atom stereocenters. The van der Waals surface area contributed by atoms with E-state index in [-0.39, 0.29) is 29.6 Å². The first-order valence-electron chi connectivity index (χ1n) is 9.79. The van der Waals surface area contributed by atoms with Crippen LogP contribution >= 0.6 is 11.8 Å². The number of aryl methyl sites for hydroxylation is 1. The van der Waals surface area contributed by atoms with Crippen molar-refractivity contribution in [1.82, 2.24) is 0 Å². The number of anilines is 1. The van der Waals surface area contributed by atoms with Crippen LogP contribution in [0.1, 0.15) is 22.8 Å². The molecule has 32 heavy (non-hydrogen) atoms. The average Bonchev–Trinajstić information content (AvgIpc) is 2.76. The molecule has 0 saturated carbocycles. The molecule has 9 heteroatoms. The number of amides is 2. The zero-order valence-corrected chi connectivity index (χ0v) is 18.6. The maximum Gasteiger partial charge on any atom is 0.345 e. The molecular weight excluding hydrogens is 430 g/mol. The second kappa shape index (κ2) is 12.3. The highest BCUT2D eigenvalue weighted by atomic mass is 32.2. The minimum Gasteiger partial charge on any atom is -0.510 e. The number of hydrogen-bond acceptors (Lipinski definition) is 6. The van der Waals surface area contributed by atoms with Crippen LogP contribution in [0, 0.1) is 6.92 Å². The minimum atomic E-state index is -0.906. The van der Waals surface area contributed by atoms with E-state index in [0.717, 1.165) is 17.3 Å². The highest BCUT2D eigenvalue weighted by molar-refractivity contribution is 8.00. The SMILES string of the molecule is CCOC(=O)C(C(N)=NC(=O)c1ccccc1)=C(O)CSCC(=O)Nc1ccc(C)cc1. The van der Waals surface area contributed by atoms with Gasteiger partial charge in [0.15, 0.2) is 0 Å². The van der Waals surface area contributed by atoms with E-state index < -0.39 is 29.0 Å². The molecule has 0 aliphatic heterocycles. The second-order valence-corrected chi connectivity index (χ2v) is 7.60. The number of rotatable bonds is 9. The summed E-state index contributed by atoms with van der Waals surface area (Å²) < 4.78 is 4.93. The Hall–Kier alpha value is -3.59. The van der Waals surface area contributed by atoms with Crippen molar-refractivity contribution < 1.29 is 24.2 Å². The Morgan fingerprint density at radius 1 is 1.06 bits per heavy atom. The number of aliphatic hydroxyl groups is 1. The van der Waals surface area contributed by atoms with Gasteiger partial charge in [-0.05, 0) is 38.1 Å². The molecule has 2 aromatic carbocycles. The summed E-state index contributed by atoms with van der Waals surface area (Å²) in [6.45, 7) is 3.58. The normalized spacial score (nSPS) is 12.0. The van der Waals surface area contributed by atoms with Crippen LogP contribution in [0.2, 0.25) is 0 Å². The molecule has 8 nitrogen and oxygen atoms in total. The quantitative estimate of drug-likeness (QED) is 0.174. The fourth-order valence-electron chi connectivity index (χ4n) is 2.53. The Bertz CT molecular complexity index is 1020. The number of nitrogens with zero attached hydrogens (tertiary/aromatic N) is 1. The number of aliphatic imine (C=N–C) groups is 1. The van der Waals surface area contributed by atoms with Gasteiger partial charge < -0.3 is 20.9 Å². The first-order valence-corrected chi connectivity index (χ1v) is 10.9. The van der Waals surface area contributed by atoms with Crippen LogP contribution in [0.3, 0.4) is 0 Å². The van der Waals surface area contributed by atoms with E-state index in [1.807, 2.05) is 19.1 Å². The number of aliphatic hydroxyl groups excluding tert-OH is 1. The van der Waals surface area contributed by atoms with E-state index in [0.29, 0.717) is 5.69 Å². The maximum atomic E-state index is 12.3. The van der Waals surface area contributed by atoms with Crippen molar-refractivity contribution in [2.75, 3.05) is 23.4 Å². The van der Waals surface area contributed by atoms with Crippen LogP contribution in [0.25, 0.3) is 0 Å². The van der Waals surface area contributed by atoms with Crippen LogP contribution in [0.5, 0.6) is 0 Å². The number of amidine groups is 1. The van der Waals surface area contributed by atoms with E-state index in [4.69, 9.17) is 10.5 Å². The Morgan fingerprint density at radius 2 is 1.72 bits per heavy atom. The summed E-state index contributed by atoms with van der Waals surface area (Å²) in [6.07, 6.45) is 0. The number of nitrogens with one attached hydrogen (secondary N) is 1. The number of hydrogen-bond donors (Lipinski definition) is 3. The zero-order valence-electron chi connectivity index (χ0n) is 17.8. The molecule has 0 bridgehead atoms. The third kappa shape index (κ3) is 7.59. The van der Waals surface area contributed by atoms with Gasteiger partial charge in [0.1, 0.15) is 17.2 Å². The molecule has 0 aliphatic rings. The molecule has 2 aromatic rings. The number of thioether (sulfide) groups is 1. The predicted octanol–water partition coefficient (Wildman–Crippen LogP) is 3.24. The van der Waals surface area contributed by atoms with Gasteiger partial charge in [-0.15, -0.1) is 11.8 Å². The first-order chi connectivity index (χ1) is 15.3. The van der Waals surface area contributed by atoms with Crippen LogP contribution in [0.4, 0.5) is 5.69 Å². The summed E-state index contributed by atoms with van der Waals surface area (Å²) in [7, 11) is 0. The molecule has 0 spiro atoms. The van der Waals surface area contributed by atoms with Gasteiger partial charge in [0.2, 0.25) is 5.91 Å². The molecule has 0 radical (unpaired) electrons. The van der Waals surface area contributed by atoms with Crippen LogP contribution < -0.4 is 11.1 Å². The molecule has 2 rings (SSSR count). The van der Waals surface area contributed by atoms with Gasteiger partial charge in [0.05, 0.1) is 18.1 Å². The molecular formula is C23H25N3O5S. The summed E-state index contributed by atoms with van der Waals surface area (Å²) in [6, 6.07) is 15.5. The topological polar surface area (TPSA) is 131 Å². The third-order valence-electron chi connectivity index (χ3n) is 4.07. The van der Waals surface area contributed by atoms with Crippen molar-refractivity contribution in [3.05, 3.63) is 77.1 Å². The fourth-order valence-corrected chi connectivity index (χ4v) is 3.23. The number of ether oxygens (including phenoxy) is 1. The van der Waals surface area contributed by atoms with Crippen molar-refractivity contribution >= 4 is 41.1 Å². The number of nitrogens with two attached hydrogens (primary N) is 1. The minimum absolute atomic E-state index is 0.0219. The number of carbonyl (C=O) groups excluding carboxylic acids is 3. The van der Waals surface area contributed by atoms with Gasteiger partial charge in [-0.3, -0.25) is 9.59 Å². The Morgan fingerprint density at radius 3 is 2.34 bits per heavy atom. The number of carbonyl (C=O) groups is 3. The van der Waals surface area contributed by atoms with E-state index in [9.17, 15) is 19.5 Å². The molecule has 0 heterocycles. The smallest absolute Gasteiger partial charge is 0.345 e. The lowest BCUT2D eigenvalue weighted by molar-refractivity contribution is -0.138. The van der Waals surface area contributed by atoms with Crippen LogP contribution in [0.15, 0.2) is 70.9 Å². The summed E-state index contributed by atoms with van der Waals surface area (Å²) in [5, 5.41) is 13.2. The summed E-state index contributed by atoms with van der Waals surface area (Å²) in [4.78, 5) is 40.4. The second-order valence-electron chi connectivity index (χ2n) is 6.62. The van der Waals surface area contributed by atoms with Crippen molar-refractivity contribution in [2.45, 2.75) is 13.8 Å². The molecule has 2 amide bonds. The van der Waals surface area contributed by atoms with E-state index in [1.165, 1.54) is 0 Å². The fraction of sp³-hybridized carbons (Fsp3) is 0.217. The molecule has 0 saturated heterocycles. The Balaban J connectivity index is 2.08. The van der Waals surface area contributed by atoms with Gasteiger partial charge in [0.25, 0.3) is 5.91 Å². The van der Waals surface area contributed by atoms with E-state index in [2.05, 4.69) is 10.3 Å². The molecule has 0 fully saturated rings. The number of benzene rings is 2. The Labute approximate surface area is 190 Å². The van der Waals surface area contributed by atoms with Crippen LogP contribution in [-0.2, 0) is 14.3 Å². The largest absolute Gasteiger partial charge is 0.510 e. The average molecular weight is 456 g/mol. The van der Waals surface area contributed by atoms with Gasteiger partial charge in [-0.1, -0.05) is 35.9 Å². The zero-order chi connectivity index (χ0) is 23.5. The van der Waals surface area contributed by atoms with Crippen molar-refractivity contribution in [2.24, 2.45) is 10.7 Å². The van der Waals surface area contributed by atoms with Crippen molar-refractivity contribution in [3.63, 3.8) is 0 Å². The lowest BCUT2D eigenvalue weighted by Gasteiger charge is -2.10. The van der Waals surface area contributed by atoms with Gasteiger partial charge in [0, 0.05) is 11.3 Å². The van der Waals surface area contributed by atoms with Crippen molar-refractivity contribution in [3.8, 4) is 0 Å². The van der Waals surface area contributed by atoms with E-state index in [1.54, 1.807) is 49.4 Å². The maximum absolute atomic E-state index is 12.3. The summed E-state index contributed by atoms with van der Waals surface area (Å²) in [5.41, 5.74) is 7.46. The third-order valence-corrected chi connectivity index (χ3v) is 5.02.